The van der Waals surface area contributed by atoms with Crippen LogP contribution in [0.5, 0.6) is 11.5 Å². The van der Waals surface area contributed by atoms with E-state index in [-0.39, 0.29) is 11.8 Å². The number of carboxylic acid groups (broad SMARTS) is 1. The zero-order valence-electron chi connectivity index (χ0n) is 13.8. The molecule has 4 heteroatoms. The number of carbonyl (C=O) groups is 1. The number of para-hydroxylation sites is 1. The molecule has 1 aliphatic rings. The Balaban J connectivity index is 1.91. The molecule has 2 aromatic carbocycles. The molecule has 4 nitrogen and oxygen atoms in total. The van der Waals surface area contributed by atoms with E-state index in [9.17, 15) is 9.90 Å². The summed E-state index contributed by atoms with van der Waals surface area (Å²) in [7, 11) is 0. The van der Waals surface area contributed by atoms with Gasteiger partial charge in [-0.25, -0.2) is 0 Å². The molecule has 1 fully saturated rings. The number of benzene rings is 2. The Morgan fingerprint density at radius 2 is 1.83 bits per heavy atom. The predicted molar refractivity (Wildman–Crippen MR) is 91.5 cm³/mol. The monoisotopic (exact) mass is 326 g/mol. The molecule has 1 aliphatic carbocycles. The van der Waals surface area contributed by atoms with Gasteiger partial charge in [0.15, 0.2) is 11.5 Å². The second-order valence-electron chi connectivity index (χ2n) is 6.19. The largest absolute Gasteiger partial charge is 0.490 e. The maximum Gasteiger partial charge on any atom is 0.304 e. The van der Waals surface area contributed by atoms with Crippen molar-refractivity contribution >= 4 is 5.97 Å². The van der Waals surface area contributed by atoms with Gasteiger partial charge in [0.05, 0.1) is 13.0 Å². The standard InChI is InChI=1S/C20H22O4/c1-2-23-17-10-6-9-16(20(11-12-20)13-18(21)22)19(17)24-14-15-7-4-3-5-8-15/h3-10H,2,11-14H2,1H3,(H,21,22). The van der Waals surface area contributed by atoms with Crippen molar-refractivity contribution in [1.29, 1.82) is 0 Å². The van der Waals surface area contributed by atoms with Crippen molar-refractivity contribution in [2.75, 3.05) is 6.61 Å². The smallest absolute Gasteiger partial charge is 0.304 e. The lowest BCUT2D eigenvalue weighted by atomic mass is 9.91. The summed E-state index contributed by atoms with van der Waals surface area (Å²) in [6.45, 7) is 2.90. The number of carboxylic acids is 1. The SMILES string of the molecule is CCOc1cccc(C2(CC(=O)O)CC2)c1OCc1ccccc1. The van der Waals surface area contributed by atoms with Crippen LogP contribution in [0, 0.1) is 0 Å². The van der Waals surface area contributed by atoms with Crippen molar-refractivity contribution in [3.05, 3.63) is 59.7 Å². The van der Waals surface area contributed by atoms with Crippen LogP contribution in [0.15, 0.2) is 48.5 Å². The molecule has 1 saturated carbocycles. The molecular formula is C20H22O4. The van der Waals surface area contributed by atoms with E-state index in [1.54, 1.807) is 0 Å². The first-order valence-corrected chi connectivity index (χ1v) is 8.29. The average molecular weight is 326 g/mol. The number of hydrogen-bond donors (Lipinski definition) is 1. The first-order valence-electron chi connectivity index (χ1n) is 8.29. The summed E-state index contributed by atoms with van der Waals surface area (Å²) in [5.41, 5.74) is 1.70. The third-order valence-electron chi connectivity index (χ3n) is 4.42. The van der Waals surface area contributed by atoms with E-state index in [0.29, 0.717) is 24.7 Å². The maximum atomic E-state index is 11.3. The summed E-state index contributed by atoms with van der Waals surface area (Å²) in [5.74, 6) is 0.591. The zero-order chi connectivity index (χ0) is 17.0. The number of ether oxygens (including phenoxy) is 2. The molecular weight excluding hydrogens is 304 g/mol. The van der Waals surface area contributed by atoms with Crippen LogP contribution >= 0.6 is 0 Å². The van der Waals surface area contributed by atoms with Crippen LogP contribution in [0.1, 0.15) is 37.3 Å². The van der Waals surface area contributed by atoms with E-state index in [1.165, 1.54) is 0 Å². The quantitative estimate of drug-likeness (QED) is 0.791. The van der Waals surface area contributed by atoms with Crippen LogP contribution in [0.4, 0.5) is 0 Å². The molecule has 0 amide bonds. The fraction of sp³-hybridized carbons (Fsp3) is 0.350. The lowest BCUT2D eigenvalue weighted by Crippen LogP contribution is -2.15. The van der Waals surface area contributed by atoms with Gasteiger partial charge in [-0.15, -0.1) is 0 Å². The first kappa shape index (κ1) is 16.4. The molecule has 0 bridgehead atoms. The second-order valence-corrected chi connectivity index (χ2v) is 6.19. The highest BCUT2D eigenvalue weighted by Gasteiger charge is 2.48. The molecule has 0 aromatic heterocycles. The van der Waals surface area contributed by atoms with Crippen molar-refractivity contribution in [2.24, 2.45) is 0 Å². The van der Waals surface area contributed by atoms with E-state index in [2.05, 4.69) is 0 Å². The summed E-state index contributed by atoms with van der Waals surface area (Å²) in [4.78, 5) is 11.3. The fourth-order valence-corrected chi connectivity index (χ4v) is 3.06. The van der Waals surface area contributed by atoms with Gasteiger partial charge in [-0.2, -0.15) is 0 Å². The Hall–Kier alpha value is -2.49. The molecule has 0 atom stereocenters. The van der Waals surface area contributed by atoms with E-state index >= 15 is 0 Å². The highest BCUT2D eigenvalue weighted by Crippen LogP contribution is 2.55. The van der Waals surface area contributed by atoms with Crippen LogP contribution < -0.4 is 9.47 Å². The summed E-state index contributed by atoms with van der Waals surface area (Å²) in [6.07, 6.45) is 1.87. The van der Waals surface area contributed by atoms with E-state index < -0.39 is 5.97 Å². The summed E-state index contributed by atoms with van der Waals surface area (Å²) in [6, 6.07) is 15.7. The minimum atomic E-state index is -0.775. The molecule has 24 heavy (non-hydrogen) atoms. The summed E-state index contributed by atoms with van der Waals surface area (Å²) in [5, 5.41) is 9.25. The Kier molecular flexibility index (Phi) is 4.74. The predicted octanol–water partition coefficient (Wildman–Crippen LogP) is 4.17. The third-order valence-corrected chi connectivity index (χ3v) is 4.42. The van der Waals surface area contributed by atoms with E-state index in [0.717, 1.165) is 24.0 Å². The van der Waals surface area contributed by atoms with Crippen molar-refractivity contribution in [3.63, 3.8) is 0 Å². The summed E-state index contributed by atoms with van der Waals surface area (Å²) >= 11 is 0. The van der Waals surface area contributed by atoms with E-state index in [1.807, 2.05) is 55.5 Å². The molecule has 2 aromatic rings. The third kappa shape index (κ3) is 3.53. The lowest BCUT2D eigenvalue weighted by molar-refractivity contribution is -0.137. The van der Waals surface area contributed by atoms with Crippen LogP contribution in [-0.4, -0.2) is 17.7 Å². The lowest BCUT2D eigenvalue weighted by Gasteiger charge is -2.21. The molecule has 0 radical (unpaired) electrons. The molecule has 0 spiro atoms. The normalized spacial score (nSPS) is 14.9. The molecule has 0 heterocycles. The van der Waals surface area contributed by atoms with E-state index in [4.69, 9.17) is 9.47 Å². The molecule has 1 N–H and O–H groups in total. The summed E-state index contributed by atoms with van der Waals surface area (Å²) < 4.78 is 11.8. The van der Waals surface area contributed by atoms with Gasteiger partial charge in [-0.3, -0.25) is 4.79 Å². The van der Waals surface area contributed by atoms with Crippen molar-refractivity contribution in [3.8, 4) is 11.5 Å². The fourth-order valence-electron chi connectivity index (χ4n) is 3.06. The molecule has 0 aliphatic heterocycles. The van der Waals surface area contributed by atoms with Crippen molar-refractivity contribution in [2.45, 2.75) is 38.2 Å². The first-order chi connectivity index (χ1) is 11.6. The molecule has 3 rings (SSSR count). The molecule has 0 unspecified atom stereocenters. The van der Waals surface area contributed by atoms with Gasteiger partial charge < -0.3 is 14.6 Å². The molecule has 126 valence electrons. The van der Waals surface area contributed by atoms with Crippen LogP contribution in [0.25, 0.3) is 0 Å². The minimum Gasteiger partial charge on any atom is -0.490 e. The van der Waals surface area contributed by atoms with Crippen molar-refractivity contribution < 1.29 is 19.4 Å². The van der Waals surface area contributed by atoms with Gasteiger partial charge in [-0.05, 0) is 31.4 Å². The second kappa shape index (κ2) is 6.95. The minimum absolute atomic E-state index is 0.129. The van der Waals surface area contributed by atoms with Crippen LogP contribution in [-0.2, 0) is 16.8 Å². The Labute approximate surface area is 142 Å². The average Bonchev–Trinajstić information content (AvgIpc) is 3.34. The van der Waals surface area contributed by atoms with Gasteiger partial charge in [0.1, 0.15) is 6.61 Å². The zero-order valence-corrected chi connectivity index (χ0v) is 13.8. The molecule has 0 saturated heterocycles. The van der Waals surface area contributed by atoms with Gasteiger partial charge in [-0.1, -0.05) is 42.5 Å². The number of rotatable bonds is 8. The number of hydrogen-bond acceptors (Lipinski definition) is 3. The number of aliphatic carboxylic acids is 1. The highest BCUT2D eigenvalue weighted by atomic mass is 16.5. The Morgan fingerprint density at radius 1 is 1.08 bits per heavy atom. The van der Waals surface area contributed by atoms with Crippen LogP contribution in [0.3, 0.4) is 0 Å². The van der Waals surface area contributed by atoms with Crippen LogP contribution in [0.2, 0.25) is 0 Å². The maximum absolute atomic E-state index is 11.3. The van der Waals surface area contributed by atoms with Gasteiger partial charge in [0.2, 0.25) is 0 Å². The van der Waals surface area contributed by atoms with Crippen molar-refractivity contribution in [1.82, 2.24) is 0 Å². The Morgan fingerprint density at radius 3 is 2.46 bits per heavy atom. The highest BCUT2D eigenvalue weighted by molar-refractivity contribution is 5.71. The topological polar surface area (TPSA) is 55.8 Å². The Bertz CT molecular complexity index is 705. The van der Waals surface area contributed by atoms with Gasteiger partial charge in [0.25, 0.3) is 0 Å². The van der Waals surface area contributed by atoms with Gasteiger partial charge in [0, 0.05) is 11.0 Å². The van der Waals surface area contributed by atoms with Gasteiger partial charge >= 0.3 is 5.97 Å².